The highest BCUT2D eigenvalue weighted by molar-refractivity contribution is 6.31. The number of fused-ring (bicyclic) bond motifs is 1. The Morgan fingerprint density at radius 2 is 2.25 bits per heavy atom. The van der Waals surface area contributed by atoms with Crippen LogP contribution in [0.4, 0.5) is 10.2 Å². The van der Waals surface area contributed by atoms with Gasteiger partial charge in [0.15, 0.2) is 17.5 Å². The summed E-state index contributed by atoms with van der Waals surface area (Å²) in [5.41, 5.74) is 1.41. The van der Waals surface area contributed by atoms with E-state index >= 15 is 0 Å². The first-order chi connectivity index (χ1) is 13.6. The van der Waals surface area contributed by atoms with Crippen molar-refractivity contribution in [1.29, 1.82) is 0 Å². The number of hydrogen-bond donors (Lipinski definition) is 2. The highest BCUT2D eigenvalue weighted by atomic mass is 35.5. The Bertz CT molecular complexity index is 1030. The van der Waals surface area contributed by atoms with Crippen molar-refractivity contribution >= 4 is 28.5 Å². The summed E-state index contributed by atoms with van der Waals surface area (Å²) in [6.07, 6.45) is 5.52. The molecule has 3 aromatic rings. The van der Waals surface area contributed by atoms with Gasteiger partial charge in [-0.1, -0.05) is 18.5 Å². The third-order valence-corrected chi connectivity index (χ3v) is 5.47. The van der Waals surface area contributed by atoms with Gasteiger partial charge in [0.05, 0.1) is 17.8 Å². The molecule has 145 valence electrons. The van der Waals surface area contributed by atoms with E-state index in [2.05, 4.69) is 37.1 Å². The van der Waals surface area contributed by atoms with Crippen LogP contribution in [-0.4, -0.2) is 56.8 Å². The van der Waals surface area contributed by atoms with Crippen LogP contribution < -0.4 is 5.32 Å². The summed E-state index contributed by atoms with van der Waals surface area (Å²) in [7, 11) is 0. The number of nitrogens with one attached hydrogen (secondary N) is 2. The van der Waals surface area contributed by atoms with Gasteiger partial charge in [0.2, 0.25) is 0 Å². The molecule has 9 heteroatoms. The Kier molecular flexibility index (Phi) is 4.41. The van der Waals surface area contributed by atoms with Crippen LogP contribution >= 0.6 is 11.6 Å². The molecule has 0 amide bonds. The second kappa shape index (κ2) is 6.95. The summed E-state index contributed by atoms with van der Waals surface area (Å²) in [4.78, 5) is 18.2. The third-order valence-electron chi connectivity index (χ3n) is 5.27. The first-order valence-electron chi connectivity index (χ1n) is 9.18. The summed E-state index contributed by atoms with van der Waals surface area (Å²) < 4.78 is 20.0. The molecule has 2 fully saturated rings. The molecule has 0 aromatic carbocycles. The minimum atomic E-state index is -0.471. The van der Waals surface area contributed by atoms with Crippen molar-refractivity contribution in [2.24, 2.45) is 0 Å². The Labute approximate surface area is 166 Å². The zero-order valence-electron chi connectivity index (χ0n) is 15.2. The molecule has 3 aromatic heterocycles. The van der Waals surface area contributed by atoms with E-state index in [0.29, 0.717) is 16.5 Å². The smallest absolute Gasteiger partial charge is 0.183 e. The molecule has 2 N–H and O–H groups in total. The molecule has 28 heavy (non-hydrogen) atoms. The standard InChI is InChI=1S/C19H19ClFN6O/c1-10-9-28-19(10)27-3-2-12(8-27)25-18-15(21)7-24-17(26-18)14-6-23-16-13(14)4-11(20)5-22-16/h4-7,12,19H,2-3,8-9H2,1H3,(H,22,23)(H,24,25,26)/t12-,19?/m1/s1. The third kappa shape index (κ3) is 3.11. The maximum atomic E-state index is 14.4. The van der Waals surface area contributed by atoms with Crippen LogP contribution in [0, 0.1) is 11.7 Å². The molecule has 0 saturated carbocycles. The van der Waals surface area contributed by atoms with Gasteiger partial charge in [-0.05, 0) is 12.5 Å². The Morgan fingerprint density at radius 3 is 3.04 bits per heavy atom. The van der Waals surface area contributed by atoms with E-state index in [0.717, 1.165) is 37.1 Å². The van der Waals surface area contributed by atoms with Crippen LogP contribution in [0.5, 0.6) is 0 Å². The van der Waals surface area contributed by atoms with Crippen LogP contribution in [0.25, 0.3) is 22.4 Å². The van der Waals surface area contributed by atoms with Crippen LogP contribution in [0.15, 0.2) is 24.7 Å². The maximum Gasteiger partial charge on any atom is 0.183 e. The number of aromatic nitrogens is 4. The normalized spacial score (nSPS) is 23.2. The van der Waals surface area contributed by atoms with E-state index in [-0.39, 0.29) is 18.1 Å². The zero-order valence-corrected chi connectivity index (χ0v) is 16.0. The lowest BCUT2D eigenvalue weighted by Gasteiger charge is -2.40. The predicted molar refractivity (Wildman–Crippen MR) is 104 cm³/mol. The number of pyridine rings is 1. The zero-order chi connectivity index (χ0) is 19.3. The SMILES string of the molecule is C[C]1COC1N1CC[C@@H](Nc2nc(-c3c[nH]c4ncc(Cl)cc34)ncc2F)C1. The fourth-order valence-corrected chi connectivity index (χ4v) is 3.97. The molecule has 0 aliphatic carbocycles. The van der Waals surface area contributed by atoms with E-state index in [1.54, 1.807) is 18.5 Å². The lowest BCUT2D eigenvalue weighted by molar-refractivity contribution is -0.109. The number of rotatable bonds is 4. The lowest BCUT2D eigenvalue weighted by atomic mass is 10.1. The van der Waals surface area contributed by atoms with Gasteiger partial charge in [-0.2, -0.15) is 0 Å². The van der Waals surface area contributed by atoms with Crippen LogP contribution in [0.2, 0.25) is 5.02 Å². The molecule has 0 spiro atoms. The summed E-state index contributed by atoms with van der Waals surface area (Å²) in [5, 5.41) is 4.55. The molecule has 2 aliphatic heterocycles. The molecule has 7 nitrogen and oxygen atoms in total. The Hall–Kier alpha value is -2.29. The van der Waals surface area contributed by atoms with Crippen molar-refractivity contribution < 1.29 is 9.13 Å². The number of H-pyrrole nitrogens is 1. The van der Waals surface area contributed by atoms with Crippen LogP contribution in [0.3, 0.4) is 0 Å². The first kappa shape index (κ1) is 17.8. The number of nitrogens with zero attached hydrogens (tertiary/aromatic N) is 4. The van der Waals surface area contributed by atoms with Gasteiger partial charge in [0.1, 0.15) is 11.9 Å². The monoisotopic (exact) mass is 401 g/mol. The van der Waals surface area contributed by atoms with Crippen molar-refractivity contribution in [3.05, 3.63) is 41.4 Å². The number of hydrogen-bond acceptors (Lipinski definition) is 6. The molecule has 2 aliphatic rings. The number of ether oxygens (including phenoxy) is 1. The van der Waals surface area contributed by atoms with E-state index in [4.69, 9.17) is 16.3 Å². The summed E-state index contributed by atoms with van der Waals surface area (Å²) in [5.74, 6) is 1.49. The van der Waals surface area contributed by atoms with E-state index < -0.39 is 5.82 Å². The molecule has 2 saturated heterocycles. The van der Waals surface area contributed by atoms with E-state index in [1.807, 2.05) is 0 Å². The van der Waals surface area contributed by atoms with Gasteiger partial charge >= 0.3 is 0 Å². The summed E-state index contributed by atoms with van der Waals surface area (Å²) in [6, 6.07) is 1.90. The van der Waals surface area contributed by atoms with Gasteiger partial charge in [-0.3, -0.25) is 4.90 Å². The highest BCUT2D eigenvalue weighted by Crippen LogP contribution is 2.31. The Balaban J connectivity index is 1.38. The molecular weight excluding hydrogens is 383 g/mol. The summed E-state index contributed by atoms with van der Waals surface area (Å²) in [6.45, 7) is 4.53. The minimum Gasteiger partial charge on any atom is -0.363 e. The topological polar surface area (TPSA) is 79.0 Å². The number of anilines is 1. The Morgan fingerprint density at radius 1 is 1.36 bits per heavy atom. The van der Waals surface area contributed by atoms with Crippen molar-refractivity contribution in [2.75, 3.05) is 25.0 Å². The van der Waals surface area contributed by atoms with E-state index in [9.17, 15) is 4.39 Å². The van der Waals surface area contributed by atoms with Gasteiger partial charge in [-0.15, -0.1) is 0 Å². The van der Waals surface area contributed by atoms with Crippen LogP contribution in [0.1, 0.15) is 13.3 Å². The first-order valence-corrected chi connectivity index (χ1v) is 9.56. The molecule has 2 atom stereocenters. The largest absolute Gasteiger partial charge is 0.363 e. The van der Waals surface area contributed by atoms with Crippen LogP contribution in [-0.2, 0) is 4.74 Å². The fraction of sp³-hybridized carbons (Fsp3) is 0.368. The van der Waals surface area contributed by atoms with Gasteiger partial charge in [-0.25, -0.2) is 19.3 Å². The quantitative estimate of drug-likeness (QED) is 0.698. The van der Waals surface area contributed by atoms with Crippen molar-refractivity contribution in [3.63, 3.8) is 0 Å². The maximum absolute atomic E-state index is 14.4. The second-order valence-corrected chi connectivity index (χ2v) is 7.71. The molecule has 0 bridgehead atoms. The van der Waals surface area contributed by atoms with Gasteiger partial charge in [0, 0.05) is 48.4 Å². The fourth-order valence-electron chi connectivity index (χ4n) is 3.81. The average Bonchev–Trinajstić information content (AvgIpc) is 3.29. The highest BCUT2D eigenvalue weighted by Gasteiger charge is 2.38. The minimum absolute atomic E-state index is 0.0982. The van der Waals surface area contributed by atoms with Crippen molar-refractivity contribution in [2.45, 2.75) is 25.6 Å². The predicted octanol–water partition coefficient (Wildman–Crippen LogP) is 3.25. The molecule has 1 unspecified atom stereocenters. The van der Waals surface area contributed by atoms with E-state index in [1.165, 1.54) is 12.1 Å². The van der Waals surface area contributed by atoms with Gasteiger partial charge in [0.25, 0.3) is 0 Å². The molecule has 1 radical (unpaired) electrons. The second-order valence-electron chi connectivity index (χ2n) is 7.28. The van der Waals surface area contributed by atoms with Crippen molar-refractivity contribution in [1.82, 2.24) is 24.8 Å². The lowest BCUT2D eigenvalue weighted by Crippen LogP contribution is -2.49. The average molecular weight is 402 g/mol. The molecule has 5 heterocycles. The van der Waals surface area contributed by atoms with Crippen molar-refractivity contribution in [3.8, 4) is 11.4 Å². The number of likely N-dealkylation sites (tertiary alicyclic amines) is 1. The molecular formula is C19H19ClFN6O. The summed E-state index contributed by atoms with van der Waals surface area (Å²) >= 11 is 6.06. The number of halogens is 2. The molecule has 5 rings (SSSR count). The van der Waals surface area contributed by atoms with Gasteiger partial charge < -0.3 is 15.0 Å². The number of aromatic amines is 1.